The van der Waals surface area contributed by atoms with Gasteiger partial charge in [-0.15, -0.1) is 0 Å². The topological polar surface area (TPSA) is 64.9 Å². The first-order valence-electron chi connectivity index (χ1n) is 5.52. The van der Waals surface area contributed by atoms with Crippen LogP contribution in [0.1, 0.15) is 26.1 Å². The fraction of sp³-hybridized carbons (Fsp3) is 0.333. The van der Waals surface area contributed by atoms with E-state index < -0.39 is 5.54 Å². The Morgan fingerprint density at radius 2 is 2.22 bits per heavy atom. The molecular weight excluding hydrogens is 301 g/mol. The third-order valence-corrected chi connectivity index (χ3v) is 3.52. The molecule has 1 aromatic carbocycles. The molecule has 0 saturated heterocycles. The van der Waals surface area contributed by atoms with Crippen LogP contribution in [0.5, 0.6) is 0 Å². The van der Waals surface area contributed by atoms with Gasteiger partial charge < -0.3 is 10.3 Å². The third-order valence-electron chi connectivity index (χ3n) is 2.83. The number of benzene rings is 1. The predicted octanol–water partition coefficient (Wildman–Crippen LogP) is 3.22. The molecule has 0 aliphatic heterocycles. The highest BCUT2D eigenvalue weighted by molar-refractivity contribution is 9.10. The SMILES string of the molecule is CCC(C)(N)c1noc(-c2cc(F)ccc2Br)n1. The average Bonchev–Trinajstić information content (AvgIpc) is 2.82. The lowest BCUT2D eigenvalue weighted by Crippen LogP contribution is -2.33. The van der Waals surface area contributed by atoms with Crippen LogP contribution < -0.4 is 5.73 Å². The highest BCUT2D eigenvalue weighted by Crippen LogP contribution is 2.29. The fourth-order valence-electron chi connectivity index (χ4n) is 1.38. The Kier molecular flexibility index (Phi) is 3.49. The van der Waals surface area contributed by atoms with Crippen molar-refractivity contribution in [1.82, 2.24) is 10.1 Å². The van der Waals surface area contributed by atoms with Gasteiger partial charge in [0.05, 0.1) is 11.1 Å². The molecule has 2 N–H and O–H groups in total. The fourth-order valence-corrected chi connectivity index (χ4v) is 1.80. The lowest BCUT2D eigenvalue weighted by Gasteiger charge is -2.16. The van der Waals surface area contributed by atoms with E-state index in [9.17, 15) is 4.39 Å². The molecule has 1 heterocycles. The standard InChI is InChI=1S/C12H13BrFN3O/c1-3-12(2,15)11-16-10(18-17-11)8-6-7(14)4-5-9(8)13/h4-6H,3,15H2,1-2H3. The number of hydrogen-bond acceptors (Lipinski definition) is 4. The van der Waals surface area contributed by atoms with Gasteiger partial charge in [0, 0.05) is 4.47 Å². The minimum Gasteiger partial charge on any atom is -0.334 e. The zero-order valence-electron chi connectivity index (χ0n) is 10.1. The van der Waals surface area contributed by atoms with Gasteiger partial charge in [-0.05, 0) is 47.5 Å². The third kappa shape index (κ3) is 2.44. The monoisotopic (exact) mass is 313 g/mol. The molecule has 2 aromatic rings. The van der Waals surface area contributed by atoms with Crippen molar-refractivity contribution in [3.8, 4) is 11.5 Å². The predicted molar refractivity (Wildman–Crippen MR) is 69.2 cm³/mol. The largest absolute Gasteiger partial charge is 0.334 e. The van der Waals surface area contributed by atoms with Crippen molar-refractivity contribution in [2.75, 3.05) is 0 Å². The Hall–Kier alpha value is -1.27. The van der Waals surface area contributed by atoms with Crippen LogP contribution in [0, 0.1) is 5.82 Å². The summed E-state index contributed by atoms with van der Waals surface area (Å²) in [6.45, 7) is 3.76. The van der Waals surface area contributed by atoms with Gasteiger partial charge in [0.25, 0.3) is 5.89 Å². The Labute approximate surface area is 113 Å². The number of rotatable bonds is 3. The second-order valence-corrected chi connectivity index (χ2v) is 5.17. The first-order chi connectivity index (χ1) is 8.44. The Balaban J connectivity index is 2.44. The van der Waals surface area contributed by atoms with Gasteiger partial charge >= 0.3 is 0 Å². The first kappa shape index (κ1) is 13.2. The summed E-state index contributed by atoms with van der Waals surface area (Å²) >= 11 is 3.32. The molecule has 0 radical (unpaired) electrons. The Morgan fingerprint density at radius 1 is 1.50 bits per heavy atom. The van der Waals surface area contributed by atoms with E-state index >= 15 is 0 Å². The molecule has 0 amide bonds. The maximum atomic E-state index is 13.2. The van der Waals surface area contributed by atoms with Crippen molar-refractivity contribution >= 4 is 15.9 Å². The van der Waals surface area contributed by atoms with E-state index in [1.807, 2.05) is 13.8 Å². The van der Waals surface area contributed by atoms with Crippen LogP contribution in [-0.2, 0) is 5.54 Å². The van der Waals surface area contributed by atoms with Crippen LogP contribution in [0.25, 0.3) is 11.5 Å². The summed E-state index contributed by atoms with van der Waals surface area (Å²) in [7, 11) is 0. The molecule has 1 unspecified atom stereocenters. The van der Waals surface area contributed by atoms with E-state index in [4.69, 9.17) is 10.3 Å². The van der Waals surface area contributed by atoms with Gasteiger partial charge in [-0.2, -0.15) is 4.98 Å². The highest BCUT2D eigenvalue weighted by atomic mass is 79.9. The van der Waals surface area contributed by atoms with Crippen LogP contribution in [-0.4, -0.2) is 10.1 Å². The van der Waals surface area contributed by atoms with Crippen LogP contribution in [0.3, 0.4) is 0 Å². The second kappa shape index (κ2) is 4.78. The molecule has 0 saturated carbocycles. The summed E-state index contributed by atoms with van der Waals surface area (Å²) in [4.78, 5) is 4.23. The molecule has 1 atom stereocenters. The minimum atomic E-state index is -0.651. The molecule has 0 aliphatic carbocycles. The highest BCUT2D eigenvalue weighted by Gasteiger charge is 2.26. The Bertz CT molecular complexity index is 568. The lowest BCUT2D eigenvalue weighted by atomic mass is 10.00. The van der Waals surface area contributed by atoms with Crippen LogP contribution >= 0.6 is 15.9 Å². The number of hydrogen-bond donors (Lipinski definition) is 1. The summed E-state index contributed by atoms with van der Waals surface area (Å²) in [6.07, 6.45) is 0.677. The van der Waals surface area contributed by atoms with E-state index in [2.05, 4.69) is 26.1 Å². The van der Waals surface area contributed by atoms with Gasteiger partial charge in [0.15, 0.2) is 5.82 Å². The number of aromatic nitrogens is 2. The van der Waals surface area contributed by atoms with E-state index in [1.54, 1.807) is 6.07 Å². The molecule has 0 bridgehead atoms. The number of halogens is 2. The van der Waals surface area contributed by atoms with Crippen molar-refractivity contribution < 1.29 is 8.91 Å². The van der Waals surface area contributed by atoms with Crippen molar-refractivity contribution in [2.45, 2.75) is 25.8 Å². The van der Waals surface area contributed by atoms with Crippen molar-refractivity contribution in [3.05, 3.63) is 34.3 Å². The normalized spacial score (nSPS) is 14.5. The molecule has 6 heteroatoms. The van der Waals surface area contributed by atoms with E-state index in [0.29, 0.717) is 22.3 Å². The van der Waals surface area contributed by atoms with E-state index in [-0.39, 0.29) is 11.7 Å². The van der Waals surface area contributed by atoms with E-state index in [1.165, 1.54) is 12.1 Å². The summed E-state index contributed by atoms with van der Waals surface area (Å²) in [5, 5.41) is 3.85. The second-order valence-electron chi connectivity index (χ2n) is 4.32. The zero-order chi connectivity index (χ0) is 13.3. The molecular formula is C12H13BrFN3O. The maximum Gasteiger partial charge on any atom is 0.259 e. The molecule has 2 rings (SSSR count). The van der Waals surface area contributed by atoms with Gasteiger partial charge in [0.2, 0.25) is 0 Å². The number of nitrogens with two attached hydrogens (primary N) is 1. The summed E-state index contributed by atoms with van der Waals surface area (Å²) < 4.78 is 19.0. The molecule has 0 fully saturated rings. The molecule has 96 valence electrons. The quantitative estimate of drug-likeness (QED) is 0.944. The zero-order valence-corrected chi connectivity index (χ0v) is 11.7. The lowest BCUT2D eigenvalue weighted by molar-refractivity contribution is 0.378. The van der Waals surface area contributed by atoms with Crippen molar-refractivity contribution in [3.63, 3.8) is 0 Å². The Morgan fingerprint density at radius 3 is 2.89 bits per heavy atom. The molecule has 0 aliphatic rings. The van der Waals surface area contributed by atoms with Crippen molar-refractivity contribution in [1.29, 1.82) is 0 Å². The first-order valence-corrected chi connectivity index (χ1v) is 6.32. The van der Waals surface area contributed by atoms with Gasteiger partial charge in [-0.25, -0.2) is 4.39 Å². The minimum absolute atomic E-state index is 0.251. The number of nitrogens with zero attached hydrogens (tertiary/aromatic N) is 2. The van der Waals surface area contributed by atoms with Gasteiger partial charge in [-0.3, -0.25) is 0 Å². The van der Waals surface area contributed by atoms with Crippen molar-refractivity contribution in [2.24, 2.45) is 5.73 Å². The average molecular weight is 314 g/mol. The molecule has 0 spiro atoms. The van der Waals surface area contributed by atoms with Crippen LogP contribution in [0.15, 0.2) is 27.2 Å². The molecule has 18 heavy (non-hydrogen) atoms. The summed E-state index contributed by atoms with van der Waals surface area (Å²) in [5.41, 5.74) is 5.89. The maximum absolute atomic E-state index is 13.2. The molecule has 1 aromatic heterocycles. The van der Waals surface area contributed by atoms with E-state index in [0.717, 1.165) is 0 Å². The molecule has 4 nitrogen and oxygen atoms in total. The summed E-state index contributed by atoms with van der Waals surface area (Å²) in [5.74, 6) is 0.302. The van der Waals surface area contributed by atoms with Crippen LogP contribution in [0.2, 0.25) is 0 Å². The van der Waals surface area contributed by atoms with Crippen LogP contribution in [0.4, 0.5) is 4.39 Å². The smallest absolute Gasteiger partial charge is 0.259 e. The van der Waals surface area contributed by atoms with Gasteiger partial charge in [0.1, 0.15) is 5.82 Å². The van der Waals surface area contributed by atoms with Gasteiger partial charge in [-0.1, -0.05) is 12.1 Å². The summed E-state index contributed by atoms with van der Waals surface area (Å²) in [6, 6.07) is 4.28.